The van der Waals surface area contributed by atoms with E-state index in [0.717, 1.165) is 16.7 Å². The van der Waals surface area contributed by atoms with Crippen molar-refractivity contribution in [2.45, 2.75) is 19.8 Å². The van der Waals surface area contributed by atoms with Gasteiger partial charge in [0, 0.05) is 6.07 Å². The van der Waals surface area contributed by atoms with Crippen LogP contribution in [0.4, 0.5) is 8.78 Å². The number of hydrogen-bond acceptors (Lipinski definition) is 5. The summed E-state index contributed by atoms with van der Waals surface area (Å²) >= 11 is 0. The molecule has 2 heterocycles. The molecule has 0 spiro atoms. The Morgan fingerprint density at radius 1 is 1.04 bits per heavy atom. The molecule has 0 aliphatic carbocycles. The van der Waals surface area contributed by atoms with Crippen molar-refractivity contribution in [1.29, 1.82) is 0 Å². The lowest BCUT2D eigenvalue weighted by Gasteiger charge is -2.07. The summed E-state index contributed by atoms with van der Waals surface area (Å²) in [4.78, 5) is 0. The zero-order valence-electron chi connectivity index (χ0n) is 12.3. The SMILES string of the molecule is CCCOc1ccc(Oc2ccc3nnc(C(F)F)n3n2)cc1. The smallest absolute Gasteiger partial charge is 0.299 e. The summed E-state index contributed by atoms with van der Waals surface area (Å²) in [7, 11) is 0. The fourth-order valence-corrected chi connectivity index (χ4v) is 1.92. The maximum absolute atomic E-state index is 12.8. The molecule has 0 amide bonds. The van der Waals surface area contributed by atoms with E-state index < -0.39 is 12.2 Å². The molecule has 0 N–H and O–H groups in total. The van der Waals surface area contributed by atoms with Gasteiger partial charge in [-0.1, -0.05) is 6.92 Å². The van der Waals surface area contributed by atoms with Gasteiger partial charge in [-0.2, -0.15) is 4.52 Å². The summed E-state index contributed by atoms with van der Waals surface area (Å²) < 4.78 is 37.6. The Kier molecular flexibility index (Phi) is 4.31. The Bertz CT molecular complexity index is 790. The van der Waals surface area contributed by atoms with E-state index in [-0.39, 0.29) is 11.5 Å². The predicted molar refractivity (Wildman–Crippen MR) is 78.0 cm³/mol. The molecule has 0 unspecified atom stereocenters. The molecule has 0 saturated heterocycles. The average molecular weight is 320 g/mol. The Morgan fingerprint density at radius 3 is 2.48 bits per heavy atom. The summed E-state index contributed by atoms with van der Waals surface area (Å²) in [6.45, 7) is 2.67. The van der Waals surface area contributed by atoms with Gasteiger partial charge >= 0.3 is 0 Å². The third kappa shape index (κ3) is 3.36. The van der Waals surface area contributed by atoms with E-state index in [0.29, 0.717) is 12.4 Å². The van der Waals surface area contributed by atoms with Crippen LogP contribution in [0.2, 0.25) is 0 Å². The Morgan fingerprint density at radius 2 is 1.78 bits per heavy atom. The molecule has 0 atom stereocenters. The molecule has 0 radical (unpaired) electrons. The molecule has 2 aromatic heterocycles. The maximum Gasteiger partial charge on any atom is 0.299 e. The molecular weight excluding hydrogens is 306 g/mol. The Labute approximate surface area is 130 Å². The number of nitrogens with zero attached hydrogens (tertiary/aromatic N) is 4. The molecule has 1 aromatic carbocycles. The monoisotopic (exact) mass is 320 g/mol. The van der Waals surface area contributed by atoms with E-state index in [2.05, 4.69) is 15.3 Å². The molecule has 3 aromatic rings. The van der Waals surface area contributed by atoms with Crippen LogP contribution in [-0.2, 0) is 0 Å². The van der Waals surface area contributed by atoms with Gasteiger partial charge in [0.25, 0.3) is 6.43 Å². The number of alkyl halides is 2. The minimum absolute atomic E-state index is 0.168. The Balaban J connectivity index is 1.79. The van der Waals surface area contributed by atoms with Crippen LogP contribution >= 0.6 is 0 Å². The number of benzene rings is 1. The van der Waals surface area contributed by atoms with Crippen molar-refractivity contribution in [3.05, 3.63) is 42.2 Å². The van der Waals surface area contributed by atoms with Gasteiger partial charge in [-0.3, -0.25) is 0 Å². The van der Waals surface area contributed by atoms with Crippen LogP contribution in [-0.4, -0.2) is 26.4 Å². The van der Waals surface area contributed by atoms with Crippen LogP contribution in [0.5, 0.6) is 17.4 Å². The van der Waals surface area contributed by atoms with Gasteiger partial charge < -0.3 is 9.47 Å². The number of ether oxygens (including phenoxy) is 2. The summed E-state index contributed by atoms with van der Waals surface area (Å²) in [6, 6.07) is 10.0. The van der Waals surface area contributed by atoms with Crippen LogP contribution in [0.25, 0.3) is 5.65 Å². The second kappa shape index (κ2) is 6.55. The highest BCUT2D eigenvalue weighted by Crippen LogP contribution is 2.24. The molecule has 8 heteroatoms. The van der Waals surface area contributed by atoms with Gasteiger partial charge in [-0.05, 0) is 36.8 Å². The maximum atomic E-state index is 12.8. The first kappa shape index (κ1) is 15.1. The van der Waals surface area contributed by atoms with Crippen molar-refractivity contribution >= 4 is 5.65 Å². The van der Waals surface area contributed by atoms with Crippen LogP contribution < -0.4 is 9.47 Å². The molecule has 0 aliphatic rings. The topological polar surface area (TPSA) is 61.5 Å². The van der Waals surface area contributed by atoms with Crippen molar-refractivity contribution < 1.29 is 18.3 Å². The molecule has 6 nitrogen and oxygen atoms in total. The largest absolute Gasteiger partial charge is 0.494 e. The third-order valence-corrected chi connectivity index (χ3v) is 2.98. The first-order valence-corrected chi connectivity index (χ1v) is 7.08. The average Bonchev–Trinajstić information content (AvgIpc) is 2.97. The summed E-state index contributed by atoms with van der Waals surface area (Å²) in [5.41, 5.74) is 0.232. The minimum atomic E-state index is -2.76. The first-order chi connectivity index (χ1) is 11.2. The van der Waals surface area contributed by atoms with Crippen molar-refractivity contribution in [3.63, 3.8) is 0 Å². The predicted octanol–water partition coefficient (Wildman–Crippen LogP) is 3.64. The van der Waals surface area contributed by atoms with E-state index in [1.807, 2.05) is 6.92 Å². The second-order valence-corrected chi connectivity index (χ2v) is 4.72. The van der Waals surface area contributed by atoms with Crippen molar-refractivity contribution in [2.24, 2.45) is 0 Å². The summed E-state index contributed by atoms with van der Waals surface area (Å²) in [6.07, 6.45) is -1.84. The molecular formula is C15H14F2N4O2. The van der Waals surface area contributed by atoms with Crippen molar-refractivity contribution in [1.82, 2.24) is 19.8 Å². The van der Waals surface area contributed by atoms with E-state index in [1.165, 1.54) is 6.07 Å². The van der Waals surface area contributed by atoms with Gasteiger partial charge in [0.1, 0.15) is 11.5 Å². The number of fused-ring (bicyclic) bond motifs is 1. The molecule has 0 fully saturated rings. The van der Waals surface area contributed by atoms with Gasteiger partial charge in [0.05, 0.1) is 6.61 Å². The van der Waals surface area contributed by atoms with Crippen LogP contribution in [0, 0.1) is 0 Å². The van der Waals surface area contributed by atoms with Crippen LogP contribution in [0.15, 0.2) is 36.4 Å². The second-order valence-electron chi connectivity index (χ2n) is 4.72. The number of rotatable bonds is 6. The highest BCUT2D eigenvalue weighted by molar-refractivity contribution is 5.39. The molecule has 0 bridgehead atoms. The number of hydrogen-bond donors (Lipinski definition) is 0. The van der Waals surface area contributed by atoms with Gasteiger partial charge in [-0.25, -0.2) is 8.78 Å². The van der Waals surface area contributed by atoms with Gasteiger partial charge in [-0.15, -0.1) is 15.3 Å². The number of halogens is 2. The van der Waals surface area contributed by atoms with Gasteiger partial charge in [0.2, 0.25) is 11.7 Å². The summed E-state index contributed by atoms with van der Waals surface area (Å²) in [5, 5.41) is 11.0. The molecule has 23 heavy (non-hydrogen) atoms. The molecule has 0 aliphatic heterocycles. The zero-order valence-corrected chi connectivity index (χ0v) is 12.3. The Hall–Kier alpha value is -2.77. The van der Waals surface area contributed by atoms with Crippen LogP contribution in [0.3, 0.4) is 0 Å². The lowest BCUT2D eigenvalue weighted by Crippen LogP contribution is -2.01. The standard InChI is InChI=1S/C15H14F2N4O2/c1-2-9-22-10-3-5-11(6-4-10)23-13-8-7-12-18-19-15(14(16)17)21(12)20-13/h3-8,14H,2,9H2,1H3. The minimum Gasteiger partial charge on any atom is -0.494 e. The lowest BCUT2D eigenvalue weighted by molar-refractivity contribution is 0.137. The highest BCUT2D eigenvalue weighted by Gasteiger charge is 2.17. The molecule has 120 valence electrons. The van der Waals surface area contributed by atoms with E-state index in [9.17, 15) is 8.78 Å². The molecule has 0 saturated carbocycles. The van der Waals surface area contributed by atoms with E-state index >= 15 is 0 Å². The fraction of sp³-hybridized carbons (Fsp3) is 0.267. The lowest BCUT2D eigenvalue weighted by atomic mass is 10.3. The first-order valence-electron chi connectivity index (χ1n) is 7.08. The van der Waals surface area contributed by atoms with Gasteiger partial charge in [0.15, 0.2) is 5.65 Å². The van der Waals surface area contributed by atoms with Crippen molar-refractivity contribution in [3.8, 4) is 17.4 Å². The summed E-state index contributed by atoms with van der Waals surface area (Å²) in [5.74, 6) is 0.906. The van der Waals surface area contributed by atoms with E-state index in [4.69, 9.17) is 9.47 Å². The highest BCUT2D eigenvalue weighted by atomic mass is 19.3. The number of aromatic nitrogens is 4. The molecule has 3 rings (SSSR count). The zero-order chi connectivity index (χ0) is 16.2. The van der Waals surface area contributed by atoms with Crippen LogP contribution in [0.1, 0.15) is 25.6 Å². The normalized spacial score (nSPS) is 11.1. The van der Waals surface area contributed by atoms with E-state index in [1.54, 1.807) is 30.3 Å². The quantitative estimate of drug-likeness (QED) is 0.694. The van der Waals surface area contributed by atoms with Crippen molar-refractivity contribution in [2.75, 3.05) is 6.61 Å². The third-order valence-electron chi connectivity index (χ3n) is 2.98. The fourth-order valence-electron chi connectivity index (χ4n) is 1.92.